The van der Waals surface area contributed by atoms with Crippen molar-refractivity contribution in [1.82, 2.24) is 0 Å². The minimum Gasteiger partial charge on any atom is -0.375 e. The molecule has 0 aromatic heterocycles. The number of rotatable bonds is 4. The second-order valence-corrected chi connectivity index (χ2v) is 4.45. The lowest BCUT2D eigenvalue weighted by molar-refractivity contribution is -0.114. The van der Waals surface area contributed by atoms with Crippen molar-refractivity contribution >= 4 is 28.9 Å². The summed E-state index contributed by atoms with van der Waals surface area (Å²) in [5.41, 5.74) is 1.62. The van der Waals surface area contributed by atoms with Crippen molar-refractivity contribution in [1.29, 1.82) is 5.26 Å². The van der Waals surface area contributed by atoms with E-state index in [0.29, 0.717) is 22.0 Å². The summed E-state index contributed by atoms with van der Waals surface area (Å²) in [5.74, 6) is -0.243. The molecule has 0 saturated carbocycles. The highest BCUT2D eigenvalue weighted by Gasteiger charge is 2.06. The molecule has 0 aliphatic heterocycles. The number of amides is 1. The van der Waals surface area contributed by atoms with Crippen LogP contribution in [0.25, 0.3) is 0 Å². The van der Waals surface area contributed by atoms with Crippen LogP contribution in [0.4, 0.5) is 11.4 Å². The van der Waals surface area contributed by atoms with E-state index < -0.39 is 0 Å². The van der Waals surface area contributed by atoms with Gasteiger partial charge in [-0.15, -0.1) is 0 Å². The van der Waals surface area contributed by atoms with Gasteiger partial charge in [-0.3, -0.25) is 4.79 Å². The molecule has 100 valence electrons. The minimum absolute atomic E-state index is 0.0729. The first-order chi connectivity index (χ1) is 9.70. The number of nitriles is 1. The smallest absolute Gasteiger partial charge is 0.243 e. The summed E-state index contributed by atoms with van der Waals surface area (Å²) in [4.78, 5) is 11.8. The monoisotopic (exact) mass is 285 g/mol. The molecular formula is C15H12ClN3O. The van der Waals surface area contributed by atoms with Crippen molar-refractivity contribution in [3.63, 3.8) is 0 Å². The van der Waals surface area contributed by atoms with Crippen LogP contribution in [0.1, 0.15) is 5.56 Å². The lowest BCUT2D eigenvalue weighted by Gasteiger charge is -2.09. The Balaban J connectivity index is 1.97. The average molecular weight is 286 g/mol. The van der Waals surface area contributed by atoms with Gasteiger partial charge < -0.3 is 10.6 Å². The van der Waals surface area contributed by atoms with Gasteiger partial charge in [0, 0.05) is 0 Å². The molecular weight excluding hydrogens is 274 g/mol. The maximum Gasteiger partial charge on any atom is 0.243 e. The van der Waals surface area contributed by atoms with Crippen molar-refractivity contribution in [2.75, 3.05) is 17.2 Å². The zero-order chi connectivity index (χ0) is 14.4. The molecule has 5 heteroatoms. The summed E-state index contributed by atoms with van der Waals surface area (Å²) < 4.78 is 0. The van der Waals surface area contributed by atoms with E-state index in [1.54, 1.807) is 36.4 Å². The molecule has 0 bridgehead atoms. The van der Waals surface area contributed by atoms with Crippen LogP contribution in [0.5, 0.6) is 0 Å². The maximum absolute atomic E-state index is 11.8. The van der Waals surface area contributed by atoms with Gasteiger partial charge in [-0.25, -0.2) is 0 Å². The molecule has 4 nitrogen and oxygen atoms in total. The molecule has 1 amide bonds. The Morgan fingerprint density at radius 3 is 2.45 bits per heavy atom. The van der Waals surface area contributed by atoms with E-state index in [-0.39, 0.29) is 12.5 Å². The van der Waals surface area contributed by atoms with Crippen molar-refractivity contribution in [3.8, 4) is 6.07 Å². The van der Waals surface area contributed by atoms with E-state index >= 15 is 0 Å². The van der Waals surface area contributed by atoms with Gasteiger partial charge >= 0.3 is 0 Å². The standard InChI is InChI=1S/C15H12ClN3O/c16-12-6-2-4-8-14(12)18-10-15(20)19-13-7-3-1-5-11(13)9-17/h1-8,18H,10H2,(H,19,20). The fourth-order valence-electron chi connectivity index (χ4n) is 1.66. The van der Waals surface area contributed by atoms with E-state index in [0.717, 1.165) is 0 Å². The number of hydrogen-bond donors (Lipinski definition) is 2. The summed E-state index contributed by atoms with van der Waals surface area (Å²) in [7, 11) is 0. The van der Waals surface area contributed by atoms with E-state index in [1.807, 2.05) is 18.2 Å². The number of para-hydroxylation sites is 2. The van der Waals surface area contributed by atoms with Crippen LogP contribution in [0.15, 0.2) is 48.5 Å². The Hall–Kier alpha value is -2.51. The zero-order valence-corrected chi connectivity index (χ0v) is 11.3. The van der Waals surface area contributed by atoms with Crippen LogP contribution in [-0.4, -0.2) is 12.5 Å². The summed E-state index contributed by atoms with van der Waals surface area (Å²) >= 11 is 5.98. The Bertz CT molecular complexity index is 664. The van der Waals surface area contributed by atoms with Crippen molar-refractivity contribution < 1.29 is 4.79 Å². The molecule has 0 unspecified atom stereocenters. The molecule has 2 aromatic rings. The van der Waals surface area contributed by atoms with Crippen LogP contribution in [-0.2, 0) is 4.79 Å². The minimum atomic E-state index is -0.243. The van der Waals surface area contributed by atoms with Gasteiger partial charge in [0.2, 0.25) is 5.91 Å². The van der Waals surface area contributed by atoms with Crippen LogP contribution in [0, 0.1) is 11.3 Å². The Morgan fingerprint density at radius 2 is 1.75 bits per heavy atom. The molecule has 0 spiro atoms. The van der Waals surface area contributed by atoms with Gasteiger partial charge in [0.25, 0.3) is 0 Å². The largest absolute Gasteiger partial charge is 0.375 e. The first kappa shape index (κ1) is 13.9. The van der Waals surface area contributed by atoms with Crippen molar-refractivity contribution in [2.45, 2.75) is 0 Å². The number of halogens is 1. The number of carbonyl (C=O) groups is 1. The second kappa shape index (κ2) is 6.60. The van der Waals surface area contributed by atoms with E-state index in [1.165, 1.54) is 0 Å². The van der Waals surface area contributed by atoms with E-state index in [9.17, 15) is 4.79 Å². The molecule has 0 saturated heterocycles. The van der Waals surface area contributed by atoms with Gasteiger partial charge in [0.1, 0.15) is 6.07 Å². The highest BCUT2D eigenvalue weighted by molar-refractivity contribution is 6.33. The predicted octanol–water partition coefficient (Wildman–Crippen LogP) is 3.26. The van der Waals surface area contributed by atoms with Crippen LogP contribution in [0.3, 0.4) is 0 Å². The maximum atomic E-state index is 11.8. The van der Waals surface area contributed by atoms with Crippen LogP contribution >= 0.6 is 11.6 Å². The zero-order valence-electron chi connectivity index (χ0n) is 10.6. The molecule has 0 radical (unpaired) electrons. The topological polar surface area (TPSA) is 64.9 Å². The predicted molar refractivity (Wildman–Crippen MR) is 79.7 cm³/mol. The summed E-state index contributed by atoms with van der Waals surface area (Å²) in [6, 6.07) is 16.1. The van der Waals surface area contributed by atoms with Crippen molar-refractivity contribution in [3.05, 3.63) is 59.1 Å². The number of hydrogen-bond acceptors (Lipinski definition) is 3. The summed E-state index contributed by atoms with van der Waals surface area (Å²) in [6.45, 7) is 0.0729. The third-order valence-corrected chi connectivity index (χ3v) is 2.96. The first-order valence-electron chi connectivity index (χ1n) is 5.98. The fourth-order valence-corrected chi connectivity index (χ4v) is 1.87. The Labute approximate surface area is 122 Å². The number of nitrogens with one attached hydrogen (secondary N) is 2. The Morgan fingerprint density at radius 1 is 1.10 bits per heavy atom. The highest BCUT2D eigenvalue weighted by atomic mass is 35.5. The van der Waals surface area contributed by atoms with Crippen LogP contribution in [0.2, 0.25) is 5.02 Å². The molecule has 2 N–H and O–H groups in total. The molecule has 0 atom stereocenters. The van der Waals surface area contributed by atoms with E-state index in [2.05, 4.69) is 10.6 Å². The SMILES string of the molecule is N#Cc1ccccc1NC(=O)CNc1ccccc1Cl. The van der Waals surface area contributed by atoms with Gasteiger partial charge in [-0.2, -0.15) is 5.26 Å². The normalized spacial score (nSPS) is 9.60. The summed E-state index contributed by atoms with van der Waals surface area (Å²) in [5, 5.41) is 15.1. The second-order valence-electron chi connectivity index (χ2n) is 4.04. The highest BCUT2D eigenvalue weighted by Crippen LogP contribution is 2.20. The van der Waals surface area contributed by atoms with Crippen molar-refractivity contribution in [2.24, 2.45) is 0 Å². The average Bonchev–Trinajstić information content (AvgIpc) is 2.47. The molecule has 0 aliphatic carbocycles. The molecule has 0 aliphatic rings. The van der Waals surface area contributed by atoms with Gasteiger partial charge in [-0.1, -0.05) is 35.9 Å². The van der Waals surface area contributed by atoms with Gasteiger partial charge in [0.05, 0.1) is 28.5 Å². The first-order valence-corrected chi connectivity index (χ1v) is 6.36. The number of anilines is 2. The lowest BCUT2D eigenvalue weighted by Crippen LogP contribution is -2.22. The summed E-state index contributed by atoms with van der Waals surface area (Å²) in [6.07, 6.45) is 0. The molecule has 0 fully saturated rings. The third-order valence-electron chi connectivity index (χ3n) is 2.63. The number of benzene rings is 2. The third kappa shape index (κ3) is 3.50. The number of carbonyl (C=O) groups excluding carboxylic acids is 1. The van der Waals surface area contributed by atoms with Gasteiger partial charge in [0.15, 0.2) is 0 Å². The molecule has 2 rings (SSSR count). The Kier molecular flexibility index (Phi) is 4.59. The fraction of sp³-hybridized carbons (Fsp3) is 0.0667. The van der Waals surface area contributed by atoms with Crippen LogP contribution < -0.4 is 10.6 Å². The lowest BCUT2D eigenvalue weighted by atomic mass is 10.2. The molecule has 2 aromatic carbocycles. The van der Waals surface area contributed by atoms with Gasteiger partial charge in [-0.05, 0) is 24.3 Å². The molecule has 0 heterocycles. The number of nitrogens with zero attached hydrogens (tertiary/aromatic N) is 1. The van der Waals surface area contributed by atoms with E-state index in [4.69, 9.17) is 16.9 Å². The molecule has 20 heavy (non-hydrogen) atoms. The quantitative estimate of drug-likeness (QED) is 0.906.